The van der Waals surface area contributed by atoms with Gasteiger partial charge in [-0.2, -0.15) is 5.10 Å². The zero-order valence-electron chi connectivity index (χ0n) is 22.9. The molecule has 0 aliphatic carbocycles. The van der Waals surface area contributed by atoms with E-state index in [1.165, 1.54) is 36.3 Å². The molecule has 1 fully saturated rings. The number of hydrazone groups is 1. The largest absolute Gasteiger partial charge is 0.397 e. The van der Waals surface area contributed by atoms with E-state index in [0.29, 0.717) is 64.3 Å². The molecule has 0 radical (unpaired) electrons. The number of anilines is 2. The molecule has 0 spiro atoms. The Labute approximate surface area is 243 Å². The maximum absolute atomic E-state index is 13.0. The van der Waals surface area contributed by atoms with Crippen LogP contribution in [0.1, 0.15) is 15.9 Å². The molecule has 1 amide bonds. The molecule has 3 N–H and O–H groups in total. The van der Waals surface area contributed by atoms with Gasteiger partial charge in [-0.15, -0.1) is 0 Å². The fraction of sp³-hybridized carbons (Fsp3) is 0.167. The SMILES string of the molecule is C=NN(/C=C(\N)c1cccc2c(=O)cc(N3CCOCC3)[nH]c12)c1ccc(C(=O)N(C)S(=O)(=O)c2ccccc2)cc1. The molecular formula is C30H30N6O5S. The Kier molecular flexibility index (Phi) is 8.09. The molecule has 42 heavy (non-hydrogen) atoms. The molecule has 5 rings (SSSR count). The van der Waals surface area contributed by atoms with Crippen molar-refractivity contribution in [3.8, 4) is 0 Å². The number of morpholine rings is 1. The van der Waals surface area contributed by atoms with Crippen molar-refractivity contribution in [3.05, 3.63) is 106 Å². The molecule has 4 aromatic rings. The second-order valence-electron chi connectivity index (χ2n) is 9.55. The number of fused-ring (bicyclic) bond motifs is 1. The van der Waals surface area contributed by atoms with Gasteiger partial charge in [0.15, 0.2) is 5.43 Å². The third kappa shape index (κ3) is 5.62. The lowest BCUT2D eigenvalue weighted by Gasteiger charge is -2.28. The van der Waals surface area contributed by atoms with E-state index < -0.39 is 15.9 Å². The molecule has 11 nitrogen and oxygen atoms in total. The number of nitrogens with zero attached hydrogens (tertiary/aromatic N) is 4. The van der Waals surface area contributed by atoms with E-state index in [9.17, 15) is 18.0 Å². The lowest BCUT2D eigenvalue weighted by molar-refractivity contribution is 0.0883. The van der Waals surface area contributed by atoms with Gasteiger partial charge in [-0.05, 0) is 42.5 Å². The smallest absolute Gasteiger partial charge is 0.267 e. The number of nitrogens with two attached hydrogens (primary N) is 1. The standard InChI is InChI=1S/C30H30N6O5S/c1-32-36(22-13-11-21(12-14-22)30(38)34(2)42(39,40)23-7-4-3-5-8-23)20-26(31)24-9-6-10-25-27(37)19-28(33-29(24)25)35-15-17-41-18-16-35/h3-14,19-20H,1,15-18,31H2,2H3,(H,33,37)/b26-20-. The maximum Gasteiger partial charge on any atom is 0.267 e. The van der Waals surface area contributed by atoms with Crippen molar-refractivity contribution in [1.29, 1.82) is 0 Å². The highest BCUT2D eigenvalue weighted by atomic mass is 32.2. The molecule has 1 saturated heterocycles. The van der Waals surface area contributed by atoms with Gasteiger partial charge in [-0.25, -0.2) is 17.7 Å². The molecular weight excluding hydrogens is 556 g/mol. The van der Waals surface area contributed by atoms with Crippen LogP contribution in [0.25, 0.3) is 16.6 Å². The van der Waals surface area contributed by atoms with Gasteiger partial charge in [-0.1, -0.05) is 30.3 Å². The van der Waals surface area contributed by atoms with E-state index in [-0.39, 0.29) is 15.9 Å². The van der Waals surface area contributed by atoms with Crippen molar-refractivity contribution in [1.82, 2.24) is 9.29 Å². The Morgan fingerprint density at radius 3 is 2.40 bits per heavy atom. The van der Waals surface area contributed by atoms with Crippen LogP contribution in [0, 0.1) is 0 Å². The Morgan fingerprint density at radius 2 is 1.74 bits per heavy atom. The van der Waals surface area contributed by atoms with Crippen molar-refractivity contribution in [3.63, 3.8) is 0 Å². The highest BCUT2D eigenvalue weighted by molar-refractivity contribution is 7.89. The fourth-order valence-corrected chi connectivity index (χ4v) is 5.81. The van der Waals surface area contributed by atoms with Gasteiger partial charge < -0.3 is 20.4 Å². The van der Waals surface area contributed by atoms with Crippen LogP contribution in [-0.4, -0.2) is 63.7 Å². The number of ether oxygens (including phenoxy) is 1. The summed E-state index contributed by atoms with van der Waals surface area (Å²) in [6.07, 6.45) is 1.56. The fourth-order valence-electron chi connectivity index (χ4n) is 4.67. The minimum absolute atomic E-state index is 0.0203. The predicted octanol–water partition coefficient (Wildman–Crippen LogP) is 3.20. The van der Waals surface area contributed by atoms with E-state index in [0.717, 1.165) is 0 Å². The normalized spacial score (nSPS) is 14.0. The number of aromatic nitrogens is 1. The number of carbonyl (C=O) groups is 1. The van der Waals surface area contributed by atoms with Crippen molar-refractivity contribution < 1.29 is 17.9 Å². The van der Waals surface area contributed by atoms with Crippen molar-refractivity contribution in [2.24, 2.45) is 10.8 Å². The van der Waals surface area contributed by atoms with Gasteiger partial charge in [0, 0.05) is 49.4 Å². The summed E-state index contributed by atoms with van der Waals surface area (Å²) in [6, 6.07) is 20.8. The zero-order chi connectivity index (χ0) is 29.9. The summed E-state index contributed by atoms with van der Waals surface area (Å²) in [4.78, 5) is 31.4. The van der Waals surface area contributed by atoms with E-state index >= 15 is 0 Å². The summed E-state index contributed by atoms with van der Waals surface area (Å²) in [5, 5.41) is 5.97. The Hall–Kier alpha value is -4.94. The lowest BCUT2D eigenvalue weighted by Crippen LogP contribution is -2.37. The molecule has 0 unspecified atom stereocenters. The van der Waals surface area contributed by atoms with E-state index in [4.69, 9.17) is 10.5 Å². The molecule has 2 heterocycles. The highest BCUT2D eigenvalue weighted by Gasteiger charge is 2.26. The molecule has 216 valence electrons. The van der Waals surface area contributed by atoms with Crippen molar-refractivity contribution >= 4 is 50.8 Å². The lowest BCUT2D eigenvalue weighted by atomic mass is 10.1. The van der Waals surface area contributed by atoms with Gasteiger partial charge in [0.2, 0.25) is 0 Å². The minimum Gasteiger partial charge on any atom is -0.397 e. The predicted molar refractivity (Wildman–Crippen MR) is 164 cm³/mol. The third-order valence-electron chi connectivity index (χ3n) is 6.99. The number of nitrogens with one attached hydrogen (secondary N) is 1. The van der Waals surface area contributed by atoms with Crippen molar-refractivity contribution in [2.75, 3.05) is 43.3 Å². The van der Waals surface area contributed by atoms with Crippen LogP contribution in [0.3, 0.4) is 0 Å². The first-order valence-corrected chi connectivity index (χ1v) is 14.6. The molecule has 1 aliphatic rings. The number of para-hydroxylation sites is 1. The van der Waals surface area contributed by atoms with Gasteiger partial charge in [-0.3, -0.25) is 9.59 Å². The second kappa shape index (κ2) is 11.9. The van der Waals surface area contributed by atoms with Crippen LogP contribution < -0.4 is 21.1 Å². The van der Waals surface area contributed by atoms with Crippen LogP contribution in [0.5, 0.6) is 0 Å². The average Bonchev–Trinajstić information content (AvgIpc) is 3.03. The van der Waals surface area contributed by atoms with E-state index in [1.807, 2.05) is 0 Å². The molecule has 3 aromatic carbocycles. The van der Waals surface area contributed by atoms with Gasteiger partial charge in [0.1, 0.15) is 5.82 Å². The van der Waals surface area contributed by atoms with Crippen LogP contribution >= 0.6 is 0 Å². The topological polar surface area (TPSA) is 141 Å². The van der Waals surface area contributed by atoms with Gasteiger partial charge in [0.25, 0.3) is 15.9 Å². The summed E-state index contributed by atoms with van der Waals surface area (Å²) < 4.78 is 31.9. The number of hydrogen-bond donors (Lipinski definition) is 2. The molecule has 1 aliphatic heterocycles. The third-order valence-corrected chi connectivity index (χ3v) is 8.75. The molecule has 1 aromatic heterocycles. The summed E-state index contributed by atoms with van der Waals surface area (Å²) in [6.45, 7) is 6.11. The summed E-state index contributed by atoms with van der Waals surface area (Å²) in [7, 11) is -2.79. The van der Waals surface area contributed by atoms with Gasteiger partial charge in [0.05, 0.1) is 41.2 Å². The Bertz CT molecular complexity index is 1820. The number of sulfonamides is 1. The first-order chi connectivity index (χ1) is 20.2. The number of rotatable bonds is 8. The number of H-pyrrole nitrogens is 1. The first kappa shape index (κ1) is 28.6. The highest BCUT2D eigenvalue weighted by Crippen LogP contribution is 2.25. The molecule has 0 bridgehead atoms. The zero-order valence-corrected chi connectivity index (χ0v) is 23.8. The first-order valence-electron chi connectivity index (χ1n) is 13.1. The number of pyridine rings is 1. The molecule has 12 heteroatoms. The number of amides is 1. The molecule has 0 saturated carbocycles. The van der Waals surface area contributed by atoms with Gasteiger partial charge >= 0.3 is 0 Å². The quantitative estimate of drug-likeness (QED) is 0.237. The van der Waals surface area contributed by atoms with Crippen LogP contribution in [-0.2, 0) is 14.8 Å². The van der Waals surface area contributed by atoms with Crippen LogP contribution in [0.15, 0.2) is 99.9 Å². The number of benzene rings is 3. The Balaban J connectivity index is 1.42. The number of aromatic amines is 1. The van der Waals surface area contributed by atoms with Crippen molar-refractivity contribution in [2.45, 2.75) is 4.90 Å². The number of hydrogen-bond acceptors (Lipinski definition) is 9. The summed E-state index contributed by atoms with van der Waals surface area (Å²) >= 11 is 0. The summed E-state index contributed by atoms with van der Waals surface area (Å²) in [5.41, 5.74) is 8.61. The van der Waals surface area contributed by atoms with E-state index in [2.05, 4.69) is 21.7 Å². The maximum atomic E-state index is 13.0. The van der Waals surface area contributed by atoms with E-state index in [1.54, 1.807) is 60.8 Å². The average molecular weight is 587 g/mol. The summed E-state index contributed by atoms with van der Waals surface area (Å²) in [5.74, 6) is 0.00334. The Morgan fingerprint density at radius 1 is 1.05 bits per heavy atom. The molecule has 0 atom stereocenters. The van der Waals surface area contributed by atoms with Crippen LogP contribution in [0.2, 0.25) is 0 Å². The monoisotopic (exact) mass is 586 g/mol. The number of carbonyl (C=O) groups excluding carboxylic acids is 1. The minimum atomic E-state index is -4.01. The second-order valence-corrected chi connectivity index (χ2v) is 11.5. The van der Waals surface area contributed by atoms with Crippen LogP contribution in [0.4, 0.5) is 11.5 Å².